The molecule has 27 heavy (non-hydrogen) atoms. The van der Waals surface area contributed by atoms with Gasteiger partial charge in [0.25, 0.3) is 5.91 Å². The fourth-order valence-electron chi connectivity index (χ4n) is 4.24. The second-order valence-corrected chi connectivity index (χ2v) is 7.83. The van der Waals surface area contributed by atoms with Crippen LogP contribution in [0.3, 0.4) is 0 Å². The van der Waals surface area contributed by atoms with Crippen molar-refractivity contribution in [3.05, 3.63) is 42.5 Å². The number of hydrogen-bond donors (Lipinski definition) is 2. The second-order valence-electron chi connectivity index (χ2n) is 7.83. The zero-order valence-electron chi connectivity index (χ0n) is 15.8. The molecule has 1 aromatic carbocycles. The molecular formula is C21H29N5O. The van der Waals surface area contributed by atoms with Crippen molar-refractivity contribution < 1.29 is 4.79 Å². The third-order valence-corrected chi connectivity index (χ3v) is 5.96. The van der Waals surface area contributed by atoms with E-state index in [0.29, 0.717) is 17.6 Å². The van der Waals surface area contributed by atoms with Crippen molar-refractivity contribution in [1.29, 1.82) is 0 Å². The van der Waals surface area contributed by atoms with Gasteiger partial charge in [-0.15, -0.1) is 0 Å². The van der Waals surface area contributed by atoms with E-state index in [2.05, 4.69) is 20.7 Å². The largest absolute Gasteiger partial charge is 0.348 e. The fourth-order valence-corrected chi connectivity index (χ4v) is 4.24. The maximum atomic E-state index is 12.9. The lowest BCUT2D eigenvalue weighted by Gasteiger charge is -2.40. The van der Waals surface area contributed by atoms with Gasteiger partial charge in [0.05, 0.1) is 11.3 Å². The van der Waals surface area contributed by atoms with Crippen molar-refractivity contribution in [2.24, 2.45) is 0 Å². The van der Waals surface area contributed by atoms with Gasteiger partial charge in [-0.25, -0.2) is 9.67 Å². The Hall–Kier alpha value is -2.21. The van der Waals surface area contributed by atoms with E-state index >= 15 is 0 Å². The molecule has 2 saturated carbocycles. The third kappa shape index (κ3) is 4.38. The van der Waals surface area contributed by atoms with Crippen LogP contribution in [0.2, 0.25) is 0 Å². The van der Waals surface area contributed by atoms with Gasteiger partial charge in [0.1, 0.15) is 12.7 Å². The Morgan fingerprint density at radius 2 is 1.70 bits per heavy atom. The molecule has 0 saturated heterocycles. The molecule has 2 fully saturated rings. The van der Waals surface area contributed by atoms with Crippen LogP contribution in [-0.2, 0) is 0 Å². The minimum atomic E-state index is -0.0322. The summed E-state index contributed by atoms with van der Waals surface area (Å²) in [5.41, 5.74) is 1.40. The summed E-state index contributed by atoms with van der Waals surface area (Å²) in [4.78, 5) is 16.9. The molecule has 1 amide bonds. The molecule has 2 aliphatic carbocycles. The van der Waals surface area contributed by atoms with Crippen LogP contribution in [-0.4, -0.2) is 38.8 Å². The molecule has 0 spiro atoms. The number of rotatable bonds is 5. The minimum Gasteiger partial charge on any atom is -0.348 e. The Balaban J connectivity index is 1.37. The SMILES string of the molecule is O=C(NC1CCC1NC1CCCCCCC1)c1ccccc1-n1cncn1. The molecule has 2 atom stereocenters. The van der Waals surface area contributed by atoms with E-state index in [9.17, 15) is 4.79 Å². The molecule has 2 aliphatic rings. The third-order valence-electron chi connectivity index (χ3n) is 5.96. The average Bonchev–Trinajstić information content (AvgIpc) is 3.19. The predicted octanol–water partition coefficient (Wildman–Crippen LogP) is 3.23. The van der Waals surface area contributed by atoms with E-state index in [-0.39, 0.29) is 11.9 Å². The molecule has 6 nitrogen and oxygen atoms in total. The van der Waals surface area contributed by atoms with Gasteiger partial charge in [0.15, 0.2) is 0 Å². The highest BCUT2D eigenvalue weighted by Crippen LogP contribution is 2.25. The van der Waals surface area contributed by atoms with Gasteiger partial charge in [-0.1, -0.05) is 44.2 Å². The van der Waals surface area contributed by atoms with Crippen LogP contribution in [0, 0.1) is 0 Å². The van der Waals surface area contributed by atoms with Crippen molar-refractivity contribution in [2.75, 3.05) is 0 Å². The highest BCUT2D eigenvalue weighted by atomic mass is 16.1. The smallest absolute Gasteiger partial charge is 0.253 e. The zero-order chi connectivity index (χ0) is 18.5. The maximum absolute atomic E-state index is 12.9. The fraction of sp³-hybridized carbons (Fsp3) is 0.571. The molecule has 0 bridgehead atoms. The Morgan fingerprint density at radius 1 is 0.963 bits per heavy atom. The first kappa shape index (κ1) is 18.2. The number of benzene rings is 1. The van der Waals surface area contributed by atoms with Crippen LogP contribution in [0.25, 0.3) is 5.69 Å². The summed E-state index contributed by atoms with van der Waals surface area (Å²) < 4.78 is 1.64. The van der Waals surface area contributed by atoms with Gasteiger partial charge in [-0.3, -0.25) is 4.79 Å². The first-order valence-corrected chi connectivity index (χ1v) is 10.3. The van der Waals surface area contributed by atoms with Gasteiger partial charge < -0.3 is 10.6 Å². The Morgan fingerprint density at radius 3 is 2.41 bits per heavy atom. The van der Waals surface area contributed by atoms with E-state index in [4.69, 9.17) is 0 Å². The first-order valence-electron chi connectivity index (χ1n) is 10.3. The first-order chi connectivity index (χ1) is 13.3. The number of nitrogens with one attached hydrogen (secondary N) is 2. The maximum Gasteiger partial charge on any atom is 0.253 e. The summed E-state index contributed by atoms with van der Waals surface area (Å²) in [6.45, 7) is 0. The lowest BCUT2D eigenvalue weighted by molar-refractivity contribution is 0.0886. The van der Waals surface area contributed by atoms with E-state index in [0.717, 1.165) is 18.5 Å². The molecule has 1 aromatic heterocycles. The van der Waals surface area contributed by atoms with Crippen LogP contribution in [0.5, 0.6) is 0 Å². The van der Waals surface area contributed by atoms with Gasteiger partial charge in [0, 0.05) is 18.1 Å². The van der Waals surface area contributed by atoms with Gasteiger partial charge in [-0.2, -0.15) is 5.10 Å². The molecule has 144 valence electrons. The minimum absolute atomic E-state index is 0.0322. The summed E-state index contributed by atoms with van der Waals surface area (Å²) in [6.07, 6.45) is 14.6. The Labute approximate surface area is 160 Å². The molecule has 0 radical (unpaired) electrons. The predicted molar refractivity (Wildman–Crippen MR) is 105 cm³/mol. The topological polar surface area (TPSA) is 71.8 Å². The lowest BCUT2D eigenvalue weighted by atomic mass is 9.84. The van der Waals surface area contributed by atoms with Gasteiger partial charge in [-0.05, 0) is 37.8 Å². The van der Waals surface area contributed by atoms with E-state index in [1.165, 1.54) is 51.3 Å². The summed E-state index contributed by atoms with van der Waals surface area (Å²) in [5.74, 6) is -0.0322. The molecule has 0 aliphatic heterocycles. The van der Waals surface area contributed by atoms with Crippen molar-refractivity contribution in [3.63, 3.8) is 0 Å². The number of aromatic nitrogens is 3. The number of carbonyl (C=O) groups excluding carboxylic acids is 1. The van der Waals surface area contributed by atoms with Crippen LogP contribution in [0.1, 0.15) is 68.1 Å². The van der Waals surface area contributed by atoms with E-state index in [1.807, 2.05) is 24.3 Å². The molecular weight excluding hydrogens is 338 g/mol. The van der Waals surface area contributed by atoms with Crippen molar-refractivity contribution in [3.8, 4) is 5.69 Å². The Kier molecular flexibility index (Phi) is 5.82. The summed E-state index contributed by atoms with van der Waals surface area (Å²) in [6, 6.07) is 8.77. The van der Waals surface area contributed by atoms with Crippen LogP contribution in [0.4, 0.5) is 0 Å². The van der Waals surface area contributed by atoms with Crippen LogP contribution >= 0.6 is 0 Å². The quantitative estimate of drug-likeness (QED) is 0.851. The average molecular weight is 367 g/mol. The van der Waals surface area contributed by atoms with Crippen LogP contribution in [0.15, 0.2) is 36.9 Å². The van der Waals surface area contributed by atoms with Crippen molar-refractivity contribution >= 4 is 5.91 Å². The van der Waals surface area contributed by atoms with Gasteiger partial charge in [0.2, 0.25) is 0 Å². The lowest BCUT2D eigenvalue weighted by Crippen LogP contribution is -2.59. The molecule has 2 aromatic rings. The number of para-hydroxylation sites is 1. The molecule has 2 N–H and O–H groups in total. The molecule has 4 rings (SSSR count). The Bertz CT molecular complexity index is 737. The molecule has 2 unspecified atom stereocenters. The van der Waals surface area contributed by atoms with Crippen molar-refractivity contribution in [1.82, 2.24) is 25.4 Å². The summed E-state index contributed by atoms with van der Waals surface area (Å²) in [5, 5.41) is 11.2. The standard InChI is InChI=1S/C21H29N5O/c27-21(17-10-6-7-11-20(17)26-15-22-14-23-26)25-19-13-12-18(19)24-16-8-4-2-1-3-5-9-16/h6-7,10-11,14-16,18-19,24H,1-5,8-9,12-13H2,(H,25,27). The normalized spacial score (nSPS) is 23.9. The number of carbonyl (C=O) groups is 1. The second kappa shape index (κ2) is 8.65. The molecule has 6 heteroatoms. The summed E-state index contributed by atoms with van der Waals surface area (Å²) >= 11 is 0. The molecule has 1 heterocycles. The zero-order valence-corrected chi connectivity index (χ0v) is 15.8. The number of hydrogen-bond acceptors (Lipinski definition) is 4. The highest BCUT2D eigenvalue weighted by Gasteiger charge is 2.34. The number of nitrogens with zero attached hydrogens (tertiary/aromatic N) is 3. The van der Waals surface area contributed by atoms with Crippen molar-refractivity contribution in [2.45, 2.75) is 75.9 Å². The van der Waals surface area contributed by atoms with E-state index in [1.54, 1.807) is 11.0 Å². The highest BCUT2D eigenvalue weighted by molar-refractivity contribution is 5.98. The summed E-state index contributed by atoms with van der Waals surface area (Å²) in [7, 11) is 0. The van der Waals surface area contributed by atoms with E-state index < -0.39 is 0 Å². The monoisotopic (exact) mass is 367 g/mol. The number of amides is 1. The van der Waals surface area contributed by atoms with Gasteiger partial charge >= 0.3 is 0 Å². The van der Waals surface area contributed by atoms with Crippen LogP contribution < -0.4 is 10.6 Å².